The van der Waals surface area contributed by atoms with E-state index in [9.17, 15) is 0 Å². The molecule has 0 saturated heterocycles. The van der Waals surface area contributed by atoms with Crippen LogP contribution in [0.15, 0.2) is 61.2 Å². The third kappa shape index (κ3) is 5.43. The summed E-state index contributed by atoms with van der Waals surface area (Å²) in [6.07, 6.45) is 9.74. The van der Waals surface area contributed by atoms with E-state index in [1.54, 1.807) is 6.20 Å². The Hall–Kier alpha value is -2.66. The molecular formula is C20H24N4O. The molecule has 130 valence electrons. The molecule has 25 heavy (non-hydrogen) atoms. The van der Waals surface area contributed by atoms with Gasteiger partial charge < -0.3 is 10.1 Å². The molecule has 5 heteroatoms. The lowest BCUT2D eigenvalue weighted by molar-refractivity contribution is 0.301. The molecule has 2 aromatic heterocycles. The number of nitrogens with one attached hydrogen (secondary N) is 1. The van der Waals surface area contributed by atoms with Crippen molar-refractivity contribution in [2.24, 2.45) is 7.05 Å². The van der Waals surface area contributed by atoms with Gasteiger partial charge in [-0.15, -0.1) is 0 Å². The molecule has 0 fully saturated rings. The maximum Gasteiger partial charge on any atom is 0.124 e. The second-order valence-corrected chi connectivity index (χ2v) is 6.06. The van der Waals surface area contributed by atoms with Crippen LogP contribution in [0.3, 0.4) is 0 Å². The molecule has 2 heterocycles. The summed E-state index contributed by atoms with van der Waals surface area (Å²) in [7, 11) is 1.95. The summed E-state index contributed by atoms with van der Waals surface area (Å²) in [6.45, 7) is 2.30. The number of rotatable bonds is 9. The first-order valence-corrected chi connectivity index (χ1v) is 8.59. The van der Waals surface area contributed by atoms with Crippen molar-refractivity contribution >= 4 is 0 Å². The summed E-state index contributed by atoms with van der Waals surface area (Å²) in [4.78, 5) is 4.12. The standard InChI is InChI=1S/C20H24N4O/c1-24-15-17(13-23-24)6-4-11-22-14-19-8-2-3-9-20(19)25-16-18-7-5-10-21-12-18/h2-3,5,7-10,12-13,15,22H,4,6,11,14,16H2,1H3. The van der Waals surface area contributed by atoms with E-state index in [0.717, 1.165) is 37.2 Å². The number of hydrogen-bond donors (Lipinski definition) is 1. The Morgan fingerprint density at radius 1 is 1.08 bits per heavy atom. The fourth-order valence-corrected chi connectivity index (χ4v) is 2.68. The molecule has 3 aromatic rings. The van der Waals surface area contributed by atoms with Gasteiger partial charge in [-0.3, -0.25) is 9.67 Å². The molecule has 0 amide bonds. The normalized spacial score (nSPS) is 10.8. The van der Waals surface area contributed by atoms with E-state index in [1.165, 1.54) is 11.1 Å². The summed E-state index contributed by atoms with van der Waals surface area (Å²) in [5.74, 6) is 0.922. The Morgan fingerprint density at radius 3 is 2.80 bits per heavy atom. The molecule has 0 aliphatic heterocycles. The van der Waals surface area contributed by atoms with Gasteiger partial charge in [0.25, 0.3) is 0 Å². The number of aromatic nitrogens is 3. The highest BCUT2D eigenvalue weighted by atomic mass is 16.5. The van der Waals surface area contributed by atoms with Crippen LogP contribution in [0.25, 0.3) is 0 Å². The summed E-state index contributed by atoms with van der Waals surface area (Å²) < 4.78 is 7.81. The molecule has 0 spiro atoms. The molecule has 0 bridgehead atoms. The first-order valence-electron chi connectivity index (χ1n) is 8.59. The van der Waals surface area contributed by atoms with Gasteiger partial charge in [-0.1, -0.05) is 24.3 Å². The largest absolute Gasteiger partial charge is 0.489 e. The lowest BCUT2D eigenvalue weighted by Crippen LogP contribution is -2.16. The quantitative estimate of drug-likeness (QED) is 0.610. The first-order chi connectivity index (χ1) is 12.3. The van der Waals surface area contributed by atoms with E-state index in [2.05, 4.69) is 27.7 Å². The molecule has 0 unspecified atom stereocenters. The zero-order chi connectivity index (χ0) is 17.3. The maximum absolute atomic E-state index is 5.96. The van der Waals surface area contributed by atoms with E-state index >= 15 is 0 Å². The van der Waals surface area contributed by atoms with Gasteiger partial charge in [0.1, 0.15) is 12.4 Å². The van der Waals surface area contributed by atoms with Crippen molar-refractivity contribution in [3.63, 3.8) is 0 Å². The van der Waals surface area contributed by atoms with E-state index in [4.69, 9.17) is 4.74 Å². The van der Waals surface area contributed by atoms with Crippen LogP contribution in [-0.4, -0.2) is 21.3 Å². The number of nitrogens with zero attached hydrogens (tertiary/aromatic N) is 3. The fourth-order valence-electron chi connectivity index (χ4n) is 2.68. The first kappa shape index (κ1) is 17.2. The Kier molecular flexibility index (Phi) is 6.17. The van der Waals surface area contributed by atoms with Gasteiger partial charge in [0, 0.05) is 43.3 Å². The number of pyridine rings is 1. The van der Waals surface area contributed by atoms with Crippen LogP contribution < -0.4 is 10.1 Å². The van der Waals surface area contributed by atoms with Gasteiger partial charge in [0.05, 0.1) is 6.20 Å². The molecular weight excluding hydrogens is 312 g/mol. The summed E-state index contributed by atoms with van der Waals surface area (Å²) in [5, 5.41) is 7.69. The van der Waals surface area contributed by atoms with Crippen LogP contribution in [0, 0.1) is 0 Å². The van der Waals surface area contributed by atoms with Crippen molar-refractivity contribution in [2.75, 3.05) is 6.54 Å². The average Bonchev–Trinajstić information content (AvgIpc) is 3.06. The minimum atomic E-state index is 0.534. The number of aryl methyl sites for hydroxylation is 2. The average molecular weight is 336 g/mol. The van der Waals surface area contributed by atoms with Crippen molar-refractivity contribution in [3.8, 4) is 5.75 Å². The molecule has 0 aliphatic rings. The Bertz CT molecular complexity index is 770. The van der Waals surface area contributed by atoms with Crippen LogP contribution in [0.1, 0.15) is 23.1 Å². The van der Waals surface area contributed by atoms with Crippen LogP contribution in [0.2, 0.25) is 0 Å². The van der Waals surface area contributed by atoms with Gasteiger partial charge in [-0.05, 0) is 37.1 Å². The predicted molar refractivity (Wildman–Crippen MR) is 98.2 cm³/mol. The van der Waals surface area contributed by atoms with Crippen molar-refractivity contribution in [3.05, 3.63) is 77.9 Å². The fraction of sp³-hybridized carbons (Fsp3) is 0.300. The number of hydrogen-bond acceptors (Lipinski definition) is 4. The Labute approximate surface area is 148 Å². The Morgan fingerprint density at radius 2 is 2.00 bits per heavy atom. The topological polar surface area (TPSA) is 52.0 Å². The SMILES string of the molecule is Cn1cc(CCCNCc2ccccc2OCc2cccnc2)cn1. The molecule has 0 radical (unpaired) electrons. The summed E-state index contributed by atoms with van der Waals surface area (Å²) in [5.41, 5.74) is 3.53. The van der Waals surface area contributed by atoms with Gasteiger partial charge in [0.15, 0.2) is 0 Å². The third-order valence-electron chi connectivity index (χ3n) is 3.98. The molecule has 1 N–H and O–H groups in total. The Balaban J connectivity index is 1.44. The van der Waals surface area contributed by atoms with Crippen molar-refractivity contribution in [1.29, 1.82) is 0 Å². The lowest BCUT2D eigenvalue weighted by Gasteiger charge is -2.12. The van der Waals surface area contributed by atoms with Gasteiger partial charge in [-0.2, -0.15) is 5.10 Å². The maximum atomic E-state index is 5.96. The summed E-state index contributed by atoms with van der Waals surface area (Å²) >= 11 is 0. The van der Waals surface area contributed by atoms with Crippen LogP contribution in [-0.2, 0) is 26.6 Å². The molecule has 5 nitrogen and oxygen atoms in total. The van der Waals surface area contributed by atoms with Crippen LogP contribution in [0.4, 0.5) is 0 Å². The van der Waals surface area contributed by atoms with Crippen LogP contribution >= 0.6 is 0 Å². The predicted octanol–water partition coefficient (Wildman–Crippen LogP) is 3.12. The number of ether oxygens (including phenoxy) is 1. The number of benzene rings is 1. The molecule has 0 saturated carbocycles. The highest BCUT2D eigenvalue weighted by Crippen LogP contribution is 2.19. The minimum absolute atomic E-state index is 0.534. The smallest absolute Gasteiger partial charge is 0.124 e. The highest BCUT2D eigenvalue weighted by Gasteiger charge is 2.03. The van der Waals surface area contributed by atoms with E-state index in [-0.39, 0.29) is 0 Å². The van der Waals surface area contributed by atoms with Crippen molar-refractivity contribution < 1.29 is 4.74 Å². The van der Waals surface area contributed by atoms with Gasteiger partial charge >= 0.3 is 0 Å². The zero-order valence-corrected chi connectivity index (χ0v) is 14.6. The van der Waals surface area contributed by atoms with Crippen molar-refractivity contribution in [2.45, 2.75) is 26.0 Å². The number of para-hydroxylation sites is 1. The second-order valence-electron chi connectivity index (χ2n) is 6.06. The molecule has 1 aromatic carbocycles. The van der Waals surface area contributed by atoms with Crippen molar-refractivity contribution in [1.82, 2.24) is 20.1 Å². The molecule has 0 atom stereocenters. The third-order valence-corrected chi connectivity index (χ3v) is 3.98. The second kappa shape index (κ2) is 8.99. The van der Waals surface area contributed by atoms with E-state index in [0.29, 0.717) is 6.61 Å². The van der Waals surface area contributed by atoms with E-state index in [1.807, 2.05) is 54.5 Å². The summed E-state index contributed by atoms with van der Waals surface area (Å²) in [6, 6.07) is 12.1. The molecule has 0 aliphatic carbocycles. The van der Waals surface area contributed by atoms with Gasteiger partial charge in [0.2, 0.25) is 0 Å². The van der Waals surface area contributed by atoms with Crippen LogP contribution in [0.5, 0.6) is 5.75 Å². The highest BCUT2D eigenvalue weighted by molar-refractivity contribution is 5.33. The minimum Gasteiger partial charge on any atom is -0.489 e. The molecule has 3 rings (SSSR count). The monoisotopic (exact) mass is 336 g/mol. The van der Waals surface area contributed by atoms with E-state index < -0.39 is 0 Å². The zero-order valence-electron chi connectivity index (χ0n) is 14.6. The lowest BCUT2D eigenvalue weighted by atomic mass is 10.2. The van der Waals surface area contributed by atoms with Gasteiger partial charge in [-0.25, -0.2) is 0 Å².